The van der Waals surface area contributed by atoms with E-state index in [2.05, 4.69) is 62.9 Å². The van der Waals surface area contributed by atoms with Crippen molar-refractivity contribution in [2.75, 3.05) is 13.1 Å². The number of nitrogens with zero attached hydrogens (tertiary/aromatic N) is 1. The average molecular weight is 550 g/mol. The first-order valence-corrected chi connectivity index (χ1v) is 15.9. The summed E-state index contributed by atoms with van der Waals surface area (Å²) in [4.78, 5) is 30.2. The van der Waals surface area contributed by atoms with Gasteiger partial charge in [-0.2, -0.15) is 0 Å². The number of benzene rings is 3. The second kappa shape index (κ2) is 12.1. The third-order valence-corrected chi connectivity index (χ3v) is 9.89. The summed E-state index contributed by atoms with van der Waals surface area (Å²) in [5.74, 6) is 0.300. The minimum atomic E-state index is -0.525. The molecular weight excluding hydrogens is 502 g/mol. The molecule has 1 heterocycles. The van der Waals surface area contributed by atoms with Crippen LogP contribution < -0.4 is 0 Å². The molecule has 0 radical (unpaired) electrons. The molecular formula is C38H47NO2. The van der Waals surface area contributed by atoms with Crippen LogP contribution in [0.1, 0.15) is 128 Å². The zero-order valence-corrected chi connectivity index (χ0v) is 25.8. The van der Waals surface area contributed by atoms with E-state index < -0.39 is 5.54 Å². The smallest absolute Gasteiger partial charge is 0.193 e. The van der Waals surface area contributed by atoms with Gasteiger partial charge in [-0.1, -0.05) is 94.5 Å². The summed E-state index contributed by atoms with van der Waals surface area (Å²) in [6.07, 6.45) is 10.1. The molecule has 1 saturated heterocycles. The molecule has 3 nitrogen and oxygen atoms in total. The van der Waals surface area contributed by atoms with Gasteiger partial charge < -0.3 is 0 Å². The number of likely N-dealkylation sites (tertiary alicyclic amines) is 1. The van der Waals surface area contributed by atoms with Crippen LogP contribution >= 0.6 is 0 Å². The van der Waals surface area contributed by atoms with Gasteiger partial charge in [-0.25, -0.2) is 0 Å². The van der Waals surface area contributed by atoms with Crippen LogP contribution in [0.3, 0.4) is 0 Å². The fraction of sp³-hybridized carbons (Fsp3) is 0.474. The summed E-state index contributed by atoms with van der Waals surface area (Å²) in [5.41, 5.74) is 7.65. The number of Topliss-reactive ketones (excluding diaryl/α,β-unsaturated/α-hetero) is 1. The van der Waals surface area contributed by atoms with E-state index in [0.717, 1.165) is 86.7 Å². The topological polar surface area (TPSA) is 37.4 Å². The number of carbonyl (C=O) groups is 2. The molecule has 0 N–H and O–H groups in total. The number of fused-ring (bicyclic) bond motifs is 3. The summed E-state index contributed by atoms with van der Waals surface area (Å²) in [6, 6.07) is 20.7. The fourth-order valence-electron chi connectivity index (χ4n) is 7.33. The molecule has 0 spiro atoms. The van der Waals surface area contributed by atoms with Crippen LogP contribution in [0.5, 0.6) is 0 Å². The lowest BCUT2D eigenvalue weighted by atomic mass is 9.70. The standard InChI is InChI=1S/C38H47NO2/c1-6-8-21-38(22-9-7-2)33-25-28(35(40)30-16-12-11-15-27(30)3)17-19-31(33)32-20-18-29(26-34(32)38)36(41)37(4,5)39-23-13-10-14-24-39/h11-12,15-20,25-26H,6-10,13-14,21-24H2,1-5H3. The SMILES string of the molecule is CCCCC1(CCCC)c2cc(C(=O)c3ccccc3C)ccc2-c2ccc(C(=O)C(C)(C)N3CCCCC3)cc21. The van der Waals surface area contributed by atoms with Gasteiger partial charge in [-0.15, -0.1) is 0 Å². The zero-order chi connectivity index (χ0) is 29.2. The molecule has 3 aromatic rings. The lowest BCUT2D eigenvalue weighted by Gasteiger charge is -2.40. The van der Waals surface area contributed by atoms with E-state index in [9.17, 15) is 9.59 Å². The Morgan fingerprint density at radius 2 is 1.34 bits per heavy atom. The normalized spacial score (nSPS) is 16.3. The number of rotatable bonds is 11. The second-order valence-electron chi connectivity index (χ2n) is 12.9. The van der Waals surface area contributed by atoms with E-state index >= 15 is 0 Å². The molecule has 0 atom stereocenters. The van der Waals surface area contributed by atoms with Gasteiger partial charge >= 0.3 is 0 Å². The summed E-state index contributed by atoms with van der Waals surface area (Å²) in [7, 11) is 0. The number of ketones is 2. The maximum absolute atomic E-state index is 14.1. The molecule has 3 heteroatoms. The van der Waals surface area contributed by atoms with Gasteiger partial charge in [-0.05, 0) is 99.5 Å². The molecule has 216 valence electrons. The van der Waals surface area contributed by atoms with Gasteiger partial charge in [-0.3, -0.25) is 14.5 Å². The predicted molar refractivity (Wildman–Crippen MR) is 170 cm³/mol. The average Bonchev–Trinajstić information content (AvgIpc) is 3.27. The number of hydrogen-bond donors (Lipinski definition) is 0. The van der Waals surface area contributed by atoms with E-state index in [4.69, 9.17) is 0 Å². The lowest BCUT2D eigenvalue weighted by Crippen LogP contribution is -2.52. The van der Waals surface area contributed by atoms with Crippen molar-refractivity contribution in [3.8, 4) is 11.1 Å². The van der Waals surface area contributed by atoms with E-state index in [-0.39, 0.29) is 17.0 Å². The van der Waals surface area contributed by atoms with Crippen LogP contribution in [-0.2, 0) is 5.41 Å². The molecule has 0 amide bonds. The van der Waals surface area contributed by atoms with Gasteiger partial charge in [0.1, 0.15) is 0 Å². The Balaban J connectivity index is 1.62. The van der Waals surface area contributed by atoms with Crippen LogP contribution in [0.25, 0.3) is 11.1 Å². The van der Waals surface area contributed by atoms with Gasteiger partial charge in [0.2, 0.25) is 0 Å². The molecule has 41 heavy (non-hydrogen) atoms. The van der Waals surface area contributed by atoms with Crippen LogP contribution in [0.4, 0.5) is 0 Å². The molecule has 1 aliphatic carbocycles. The second-order valence-corrected chi connectivity index (χ2v) is 12.9. The van der Waals surface area contributed by atoms with Gasteiger partial charge in [0.05, 0.1) is 5.54 Å². The Bertz CT molecular complexity index is 1420. The number of piperidine rings is 1. The number of unbranched alkanes of at least 4 members (excludes halogenated alkanes) is 2. The van der Waals surface area contributed by atoms with Crippen molar-refractivity contribution in [3.63, 3.8) is 0 Å². The largest absolute Gasteiger partial charge is 0.292 e. The Morgan fingerprint density at radius 3 is 1.93 bits per heavy atom. The first-order valence-electron chi connectivity index (χ1n) is 15.9. The molecule has 2 aliphatic rings. The third kappa shape index (κ3) is 5.34. The summed E-state index contributed by atoms with van der Waals surface area (Å²) in [5, 5.41) is 0. The van der Waals surface area contributed by atoms with E-state index in [1.807, 2.05) is 37.3 Å². The van der Waals surface area contributed by atoms with E-state index in [1.54, 1.807) is 0 Å². The first-order chi connectivity index (χ1) is 19.7. The predicted octanol–water partition coefficient (Wildman–Crippen LogP) is 9.32. The van der Waals surface area contributed by atoms with Crippen molar-refractivity contribution in [1.82, 2.24) is 4.90 Å². The van der Waals surface area contributed by atoms with Crippen LogP contribution in [0.15, 0.2) is 60.7 Å². The summed E-state index contributed by atoms with van der Waals surface area (Å²) in [6.45, 7) is 12.7. The molecule has 3 aromatic carbocycles. The highest BCUT2D eigenvalue weighted by atomic mass is 16.1. The number of carbonyl (C=O) groups excluding carboxylic acids is 2. The highest BCUT2D eigenvalue weighted by Crippen LogP contribution is 2.54. The Labute approximate surface area is 247 Å². The maximum atomic E-state index is 14.1. The van der Waals surface area contributed by atoms with Crippen LogP contribution in [-0.4, -0.2) is 35.1 Å². The highest BCUT2D eigenvalue weighted by molar-refractivity contribution is 6.10. The van der Waals surface area contributed by atoms with Crippen molar-refractivity contribution >= 4 is 11.6 Å². The highest BCUT2D eigenvalue weighted by Gasteiger charge is 2.44. The lowest BCUT2D eigenvalue weighted by molar-refractivity contribution is 0.0579. The van der Waals surface area contributed by atoms with Crippen molar-refractivity contribution in [2.24, 2.45) is 0 Å². The number of hydrogen-bond acceptors (Lipinski definition) is 3. The first kappa shape index (κ1) is 29.5. The van der Waals surface area contributed by atoms with Crippen molar-refractivity contribution in [3.05, 3.63) is 94.0 Å². The van der Waals surface area contributed by atoms with Crippen molar-refractivity contribution < 1.29 is 9.59 Å². The minimum Gasteiger partial charge on any atom is -0.292 e. The Hall–Kier alpha value is -3.04. The van der Waals surface area contributed by atoms with Gasteiger partial charge in [0.15, 0.2) is 11.6 Å². The van der Waals surface area contributed by atoms with Crippen molar-refractivity contribution in [2.45, 2.75) is 103 Å². The monoisotopic (exact) mass is 549 g/mol. The molecule has 0 saturated carbocycles. The van der Waals surface area contributed by atoms with E-state index in [0.29, 0.717) is 0 Å². The minimum absolute atomic E-state index is 0.0842. The molecule has 1 fully saturated rings. The summed E-state index contributed by atoms with van der Waals surface area (Å²) >= 11 is 0. The van der Waals surface area contributed by atoms with E-state index in [1.165, 1.54) is 28.7 Å². The fourth-order valence-corrected chi connectivity index (χ4v) is 7.33. The van der Waals surface area contributed by atoms with Gasteiger partial charge in [0, 0.05) is 22.1 Å². The number of aryl methyl sites for hydroxylation is 1. The molecule has 0 bridgehead atoms. The van der Waals surface area contributed by atoms with Crippen LogP contribution in [0.2, 0.25) is 0 Å². The molecule has 0 unspecified atom stereocenters. The Morgan fingerprint density at radius 1 is 0.780 bits per heavy atom. The zero-order valence-electron chi connectivity index (χ0n) is 25.8. The van der Waals surface area contributed by atoms with Crippen molar-refractivity contribution in [1.29, 1.82) is 0 Å². The maximum Gasteiger partial charge on any atom is 0.193 e. The van der Waals surface area contributed by atoms with Gasteiger partial charge in [0.25, 0.3) is 0 Å². The van der Waals surface area contributed by atoms with Crippen LogP contribution in [0, 0.1) is 6.92 Å². The quantitative estimate of drug-likeness (QED) is 0.224. The molecule has 5 rings (SSSR count). The molecule has 1 aliphatic heterocycles. The third-order valence-electron chi connectivity index (χ3n) is 9.89. The Kier molecular flexibility index (Phi) is 8.66. The summed E-state index contributed by atoms with van der Waals surface area (Å²) < 4.78 is 0. The molecule has 0 aromatic heterocycles.